The molecule has 1 saturated carbocycles. The molecule has 2 atom stereocenters. The number of hydrogen-bond acceptors (Lipinski definition) is 9. The van der Waals surface area contributed by atoms with Gasteiger partial charge < -0.3 is 25.1 Å². The standard InChI is InChI=1S/C26H37BN6O3Si/c1-17-15-30-25(33-24(17)32-22-10-8-7-9-18(22)13-28)31-21-11-19(14-29)23(27(34)35)20(12-21)16-36-37(5,6)26(2,3)4/h11-12,15,18,22,34-35H,7-10,16H2,1-6H3,(H2,30,31,32,33)/t18-,22?/m1/s1. The summed E-state index contributed by atoms with van der Waals surface area (Å²) in [5, 5.41) is 45.9. The average Bonchev–Trinajstić information content (AvgIpc) is 2.83. The summed E-state index contributed by atoms with van der Waals surface area (Å²) in [5.41, 5.74) is 2.20. The Balaban J connectivity index is 1.90. The molecule has 0 radical (unpaired) electrons. The Morgan fingerprint density at radius 1 is 1.19 bits per heavy atom. The van der Waals surface area contributed by atoms with Gasteiger partial charge in [-0.2, -0.15) is 15.5 Å². The van der Waals surface area contributed by atoms with Crippen LogP contribution in [0.4, 0.5) is 17.5 Å². The first-order chi connectivity index (χ1) is 17.4. The largest absolute Gasteiger partial charge is 0.490 e. The Morgan fingerprint density at radius 2 is 1.89 bits per heavy atom. The molecule has 1 unspecified atom stereocenters. The molecular weight excluding hydrogens is 483 g/mol. The van der Waals surface area contributed by atoms with Crippen molar-refractivity contribution in [2.75, 3.05) is 10.6 Å². The van der Waals surface area contributed by atoms with E-state index in [2.05, 4.69) is 66.6 Å². The lowest BCUT2D eigenvalue weighted by atomic mass is 9.74. The minimum atomic E-state index is -2.13. The van der Waals surface area contributed by atoms with Gasteiger partial charge in [0.05, 0.1) is 30.2 Å². The van der Waals surface area contributed by atoms with Crippen molar-refractivity contribution in [1.82, 2.24) is 9.97 Å². The molecule has 1 aliphatic carbocycles. The third kappa shape index (κ3) is 6.88. The van der Waals surface area contributed by atoms with Gasteiger partial charge in [-0.15, -0.1) is 0 Å². The molecule has 2 aromatic rings. The summed E-state index contributed by atoms with van der Waals surface area (Å²) in [5.74, 6) is 0.933. The first-order valence-corrected chi connectivity index (χ1v) is 15.6. The minimum Gasteiger partial charge on any atom is -0.423 e. The summed E-state index contributed by atoms with van der Waals surface area (Å²) >= 11 is 0. The number of benzene rings is 1. The highest BCUT2D eigenvalue weighted by Crippen LogP contribution is 2.37. The monoisotopic (exact) mass is 520 g/mol. The second-order valence-corrected chi connectivity index (χ2v) is 16.1. The second-order valence-electron chi connectivity index (χ2n) is 11.3. The fourth-order valence-electron chi connectivity index (χ4n) is 4.19. The van der Waals surface area contributed by atoms with Crippen molar-refractivity contribution in [2.45, 2.75) is 84.2 Å². The molecule has 1 aromatic heterocycles. The van der Waals surface area contributed by atoms with Crippen LogP contribution in [0.15, 0.2) is 18.3 Å². The fraction of sp³-hybridized carbons (Fsp3) is 0.538. The number of nitrogens with zero attached hydrogens (tertiary/aromatic N) is 4. The number of aryl methyl sites for hydroxylation is 1. The van der Waals surface area contributed by atoms with E-state index in [1.807, 2.05) is 6.92 Å². The van der Waals surface area contributed by atoms with Crippen molar-refractivity contribution in [2.24, 2.45) is 5.92 Å². The van der Waals surface area contributed by atoms with E-state index in [0.29, 0.717) is 23.0 Å². The van der Waals surface area contributed by atoms with Crippen LogP contribution in [-0.2, 0) is 11.0 Å². The number of nitrogens with one attached hydrogen (secondary N) is 2. The molecule has 196 valence electrons. The zero-order chi connectivity index (χ0) is 27.4. The molecular formula is C26H37BN6O3Si. The molecule has 0 saturated heterocycles. The van der Waals surface area contributed by atoms with Gasteiger partial charge >= 0.3 is 7.12 Å². The van der Waals surface area contributed by atoms with Crippen molar-refractivity contribution in [3.63, 3.8) is 0 Å². The maximum Gasteiger partial charge on any atom is 0.490 e. The van der Waals surface area contributed by atoms with Gasteiger partial charge in [-0.25, -0.2) is 4.98 Å². The van der Waals surface area contributed by atoms with Crippen molar-refractivity contribution in [3.8, 4) is 12.1 Å². The molecule has 1 heterocycles. The van der Waals surface area contributed by atoms with E-state index < -0.39 is 15.4 Å². The average molecular weight is 521 g/mol. The van der Waals surface area contributed by atoms with Crippen molar-refractivity contribution >= 4 is 38.4 Å². The predicted molar refractivity (Wildman–Crippen MR) is 148 cm³/mol. The molecule has 1 aromatic carbocycles. The molecule has 0 bridgehead atoms. The van der Waals surface area contributed by atoms with Crippen LogP contribution in [0.3, 0.4) is 0 Å². The first kappa shape index (κ1) is 28.6. The first-order valence-electron chi connectivity index (χ1n) is 12.7. The Bertz CT molecular complexity index is 1200. The quantitative estimate of drug-likeness (QED) is 0.378. The van der Waals surface area contributed by atoms with Crippen LogP contribution >= 0.6 is 0 Å². The molecule has 1 fully saturated rings. The van der Waals surface area contributed by atoms with Gasteiger partial charge in [0.25, 0.3) is 0 Å². The fourth-order valence-corrected chi connectivity index (χ4v) is 5.14. The van der Waals surface area contributed by atoms with Crippen LogP contribution in [0, 0.1) is 35.5 Å². The third-order valence-electron chi connectivity index (χ3n) is 7.52. The summed E-state index contributed by atoms with van der Waals surface area (Å²) < 4.78 is 6.33. The Labute approximate surface area is 221 Å². The lowest BCUT2D eigenvalue weighted by Gasteiger charge is -2.36. The van der Waals surface area contributed by atoms with Gasteiger partial charge in [0, 0.05) is 29.0 Å². The van der Waals surface area contributed by atoms with Crippen LogP contribution < -0.4 is 16.1 Å². The molecule has 0 amide bonds. The van der Waals surface area contributed by atoms with Crippen LogP contribution in [0.5, 0.6) is 0 Å². The van der Waals surface area contributed by atoms with Crippen molar-refractivity contribution in [1.29, 1.82) is 10.5 Å². The van der Waals surface area contributed by atoms with Crippen LogP contribution in [0.2, 0.25) is 18.1 Å². The number of nitriles is 2. The van der Waals surface area contributed by atoms with E-state index in [4.69, 9.17) is 4.43 Å². The lowest BCUT2D eigenvalue weighted by molar-refractivity contribution is 0.276. The maximum atomic E-state index is 10.0. The van der Waals surface area contributed by atoms with Gasteiger partial charge in [0.2, 0.25) is 5.95 Å². The highest BCUT2D eigenvalue weighted by atomic mass is 28.4. The summed E-state index contributed by atoms with van der Waals surface area (Å²) in [4.78, 5) is 9.04. The van der Waals surface area contributed by atoms with Gasteiger partial charge in [-0.3, -0.25) is 0 Å². The van der Waals surface area contributed by atoms with E-state index in [-0.39, 0.29) is 34.6 Å². The summed E-state index contributed by atoms with van der Waals surface area (Å²) in [7, 11) is -3.94. The van der Waals surface area contributed by atoms with Gasteiger partial charge in [-0.05, 0) is 55.6 Å². The zero-order valence-corrected chi connectivity index (χ0v) is 23.6. The number of rotatable bonds is 8. The second kappa shape index (κ2) is 11.6. The van der Waals surface area contributed by atoms with Crippen molar-refractivity contribution < 1.29 is 14.5 Å². The van der Waals surface area contributed by atoms with E-state index in [0.717, 1.165) is 31.2 Å². The molecule has 3 rings (SSSR count). The van der Waals surface area contributed by atoms with Gasteiger partial charge in [0.15, 0.2) is 8.32 Å². The molecule has 0 spiro atoms. The Hall–Kier alpha value is -2.96. The van der Waals surface area contributed by atoms with E-state index >= 15 is 0 Å². The maximum absolute atomic E-state index is 10.0. The molecule has 37 heavy (non-hydrogen) atoms. The van der Waals surface area contributed by atoms with Crippen molar-refractivity contribution in [3.05, 3.63) is 35.0 Å². The zero-order valence-electron chi connectivity index (χ0n) is 22.6. The minimum absolute atomic E-state index is 0.0268. The Morgan fingerprint density at radius 3 is 2.51 bits per heavy atom. The number of aromatic nitrogens is 2. The molecule has 11 heteroatoms. The predicted octanol–water partition coefficient (Wildman–Crippen LogP) is 4.10. The van der Waals surface area contributed by atoms with Gasteiger partial charge in [0.1, 0.15) is 5.82 Å². The summed E-state index contributed by atoms with van der Waals surface area (Å²) in [6.45, 7) is 12.7. The molecule has 4 N–H and O–H groups in total. The van der Waals surface area contributed by atoms with Gasteiger partial charge in [-0.1, -0.05) is 33.6 Å². The summed E-state index contributed by atoms with van der Waals surface area (Å²) in [6, 6.07) is 7.81. The topological polar surface area (TPSA) is 147 Å². The lowest BCUT2D eigenvalue weighted by Crippen LogP contribution is -2.42. The number of hydrogen-bond donors (Lipinski definition) is 4. The van der Waals surface area contributed by atoms with E-state index in [9.17, 15) is 20.6 Å². The third-order valence-corrected chi connectivity index (χ3v) is 12.0. The molecule has 9 nitrogen and oxygen atoms in total. The highest BCUT2D eigenvalue weighted by molar-refractivity contribution is 6.74. The molecule has 0 aliphatic heterocycles. The number of anilines is 3. The van der Waals surface area contributed by atoms with Crippen LogP contribution in [0.1, 0.15) is 63.1 Å². The van der Waals surface area contributed by atoms with Crippen LogP contribution in [-0.4, -0.2) is 41.5 Å². The normalized spacial score (nSPS) is 18.0. The molecule has 1 aliphatic rings. The van der Waals surface area contributed by atoms with E-state index in [1.54, 1.807) is 18.3 Å². The smallest absolute Gasteiger partial charge is 0.423 e. The Kier molecular flexibility index (Phi) is 8.98. The summed E-state index contributed by atoms with van der Waals surface area (Å²) in [6.07, 6.45) is 5.64. The van der Waals surface area contributed by atoms with E-state index in [1.165, 1.54) is 0 Å². The SMILES string of the molecule is Cc1cnc(Nc2cc(C#N)c(B(O)O)c(CO[Si](C)(C)C(C)(C)C)c2)nc1NC1CCCC[C@@H]1C#N. The highest BCUT2D eigenvalue weighted by Gasteiger charge is 2.37. The van der Waals surface area contributed by atoms with Crippen LogP contribution in [0.25, 0.3) is 0 Å².